The zero-order valence-electron chi connectivity index (χ0n) is 13.0. The zero-order chi connectivity index (χ0) is 16.0. The van der Waals surface area contributed by atoms with Crippen molar-refractivity contribution in [2.24, 2.45) is 11.8 Å². The van der Waals surface area contributed by atoms with E-state index in [2.05, 4.69) is 5.43 Å². The Hall–Kier alpha value is -1.67. The van der Waals surface area contributed by atoms with Crippen molar-refractivity contribution in [3.8, 4) is 0 Å². The van der Waals surface area contributed by atoms with Crippen molar-refractivity contribution in [3.63, 3.8) is 0 Å². The molecule has 8 heteroatoms. The first-order valence-corrected chi connectivity index (χ1v) is 7.02. The number of carbonyl (C=O) groups is 3. The van der Waals surface area contributed by atoms with Crippen molar-refractivity contribution < 1.29 is 14.4 Å². The first kappa shape index (κ1) is 17.4. The average molecular weight is 299 g/mol. The van der Waals surface area contributed by atoms with Gasteiger partial charge in [0.25, 0.3) is 0 Å². The van der Waals surface area contributed by atoms with Gasteiger partial charge in [-0.25, -0.2) is 5.84 Å². The molecule has 0 aromatic heterocycles. The van der Waals surface area contributed by atoms with Gasteiger partial charge < -0.3 is 9.80 Å². The minimum absolute atomic E-state index is 0.0179. The molecule has 1 rings (SSSR count). The molecule has 1 heterocycles. The maximum Gasteiger partial charge on any atom is 0.237 e. The third-order valence-electron chi connectivity index (χ3n) is 3.67. The maximum atomic E-state index is 12.1. The van der Waals surface area contributed by atoms with Crippen LogP contribution < -0.4 is 11.3 Å². The summed E-state index contributed by atoms with van der Waals surface area (Å²) in [6.07, 6.45) is 1.24. The molecular weight excluding hydrogens is 274 g/mol. The third-order valence-corrected chi connectivity index (χ3v) is 3.67. The molecule has 0 spiro atoms. The lowest BCUT2D eigenvalue weighted by Crippen LogP contribution is -2.47. The highest BCUT2D eigenvalue weighted by Gasteiger charge is 2.27. The second-order valence-corrected chi connectivity index (χ2v) is 5.62. The van der Waals surface area contributed by atoms with E-state index in [9.17, 15) is 14.4 Å². The third kappa shape index (κ3) is 5.31. The number of hydrogen-bond donors (Lipinski definition) is 2. The van der Waals surface area contributed by atoms with Crippen LogP contribution in [0.4, 0.5) is 0 Å². The Kier molecular flexibility index (Phi) is 6.57. The van der Waals surface area contributed by atoms with Crippen LogP contribution in [0.2, 0.25) is 0 Å². The molecule has 1 fully saturated rings. The van der Waals surface area contributed by atoms with Crippen LogP contribution in [0.5, 0.6) is 0 Å². The predicted octanol–water partition coefficient (Wildman–Crippen LogP) is -1.77. The van der Waals surface area contributed by atoms with E-state index in [4.69, 9.17) is 5.84 Å². The fourth-order valence-corrected chi connectivity index (χ4v) is 2.27. The molecule has 0 saturated carbocycles. The number of nitrogens with two attached hydrogens (primary N) is 1. The molecule has 21 heavy (non-hydrogen) atoms. The minimum atomic E-state index is -0.171. The lowest BCUT2D eigenvalue weighted by molar-refractivity contribution is -0.137. The highest BCUT2D eigenvalue weighted by molar-refractivity contribution is 5.82. The lowest BCUT2D eigenvalue weighted by Gasteiger charge is -2.32. The van der Waals surface area contributed by atoms with E-state index < -0.39 is 0 Å². The quantitative estimate of drug-likeness (QED) is 0.356. The summed E-state index contributed by atoms with van der Waals surface area (Å²) in [6.45, 7) is 1.51. The molecule has 0 unspecified atom stereocenters. The van der Waals surface area contributed by atoms with Crippen molar-refractivity contribution in [1.29, 1.82) is 0 Å². The van der Waals surface area contributed by atoms with Gasteiger partial charge in [0.2, 0.25) is 17.7 Å². The number of nitrogens with zero attached hydrogens (tertiary/aromatic N) is 3. The summed E-state index contributed by atoms with van der Waals surface area (Å²) in [7, 11) is 5.12. The molecule has 1 aliphatic heterocycles. The molecule has 0 aliphatic carbocycles. The van der Waals surface area contributed by atoms with Crippen molar-refractivity contribution in [2.75, 3.05) is 47.3 Å². The maximum absolute atomic E-state index is 12.1. The molecule has 1 aliphatic rings. The van der Waals surface area contributed by atoms with Crippen LogP contribution in [0.3, 0.4) is 0 Å². The number of hydrazine groups is 1. The van der Waals surface area contributed by atoms with Crippen molar-refractivity contribution in [1.82, 2.24) is 20.1 Å². The molecule has 3 amide bonds. The number of likely N-dealkylation sites (N-methyl/N-ethyl adjacent to an activating group) is 2. The van der Waals surface area contributed by atoms with Crippen LogP contribution >= 0.6 is 0 Å². The van der Waals surface area contributed by atoms with Crippen molar-refractivity contribution in [3.05, 3.63) is 0 Å². The Balaban J connectivity index is 2.37. The van der Waals surface area contributed by atoms with E-state index in [1.54, 1.807) is 30.9 Å². The molecular formula is C13H25N5O3. The average Bonchev–Trinajstić information content (AvgIpc) is 2.46. The summed E-state index contributed by atoms with van der Waals surface area (Å²) >= 11 is 0. The van der Waals surface area contributed by atoms with Gasteiger partial charge >= 0.3 is 0 Å². The fourth-order valence-electron chi connectivity index (χ4n) is 2.27. The number of rotatable bonds is 5. The summed E-state index contributed by atoms with van der Waals surface area (Å²) < 4.78 is 0. The zero-order valence-corrected chi connectivity index (χ0v) is 13.0. The molecule has 120 valence electrons. The topological polar surface area (TPSA) is 99.0 Å². The van der Waals surface area contributed by atoms with Crippen LogP contribution in [0.25, 0.3) is 0 Å². The summed E-state index contributed by atoms with van der Waals surface area (Å²) in [4.78, 5) is 40.1. The normalized spacial score (nSPS) is 16.0. The lowest BCUT2D eigenvalue weighted by atomic mass is 9.96. The molecule has 0 aromatic rings. The SMILES string of the molecule is CN(CC(=O)N(C)C)CC(=O)N1CCC(C(=O)NN)CC1. The highest BCUT2D eigenvalue weighted by atomic mass is 16.2. The molecule has 1 saturated heterocycles. The monoisotopic (exact) mass is 299 g/mol. The number of hydrogen-bond acceptors (Lipinski definition) is 5. The summed E-state index contributed by atoms with van der Waals surface area (Å²) in [6, 6.07) is 0. The summed E-state index contributed by atoms with van der Waals surface area (Å²) in [5.74, 6) is 4.77. The Morgan fingerprint density at radius 3 is 2.19 bits per heavy atom. The van der Waals surface area contributed by atoms with E-state index in [1.165, 1.54) is 4.90 Å². The molecule has 8 nitrogen and oxygen atoms in total. The van der Waals surface area contributed by atoms with Crippen LogP contribution in [0.1, 0.15) is 12.8 Å². The van der Waals surface area contributed by atoms with Gasteiger partial charge in [0.1, 0.15) is 0 Å². The molecule has 0 aromatic carbocycles. The Bertz CT molecular complexity index is 391. The van der Waals surface area contributed by atoms with Crippen molar-refractivity contribution in [2.45, 2.75) is 12.8 Å². The van der Waals surface area contributed by atoms with E-state index in [1.807, 2.05) is 0 Å². The van der Waals surface area contributed by atoms with Gasteiger partial charge in [-0.1, -0.05) is 0 Å². The predicted molar refractivity (Wildman–Crippen MR) is 77.8 cm³/mol. The highest BCUT2D eigenvalue weighted by Crippen LogP contribution is 2.17. The molecule has 3 N–H and O–H groups in total. The van der Waals surface area contributed by atoms with Gasteiger partial charge in [0.15, 0.2) is 0 Å². The van der Waals surface area contributed by atoms with Crippen LogP contribution in [-0.4, -0.2) is 79.7 Å². The van der Waals surface area contributed by atoms with E-state index in [0.717, 1.165) is 0 Å². The van der Waals surface area contributed by atoms with Crippen LogP contribution in [0, 0.1) is 5.92 Å². The minimum Gasteiger partial charge on any atom is -0.348 e. The second-order valence-electron chi connectivity index (χ2n) is 5.62. The molecule has 0 bridgehead atoms. The second kappa shape index (κ2) is 7.94. The smallest absolute Gasteiger partial charge is 0.237 e. The van der Waals surface area contributed by atoms with Crippen LogP contribution in [-0.2, 0) is 14.4 Å². The summed E-state index contributed by atoms with van der Waals surface area (Å²) in [5.41, 5.74) is 2.15. The number of likely N-dealkylation sites (tertiary alicyclic amines) is 1. The number of carbonyl (C=O) groups excluding carboxylic acids is 3. The fraction of sp³-hybridized carbons (Fsp3) is 0.769. The largest absolute Gasteiger partial charge is 0.348 e. The van der Waals surface area contributed by atoms with Crippen LogP contribution in [0.15, 0.2) is 0 Å². The van der Waals surface area contributed by atoms with E-state index in [-0.39, 0.29) is 36.7 Å². The Morgan fingerprint density at radius 1 is 1.14 bits per heavy atom. The van der Waals surface area contributed by atoms with Gasteiger partial charge in [-0.15, -0.1) is 0 Å². The van der Waals surface area contributed by atoms with Gasteiger partial charge in [0.05, 0.1) is 13.1 Å². The Labute approximate surface area is 125 Å². The first-order chi connectivity index (χ1) is 9.85. The summed E-state index contributed by atoms with van der Waals surface area (Å²) in [5, 5.41) is 0. The molecule has 0 radical (unpaired) electrons. The first-order valence-electron chi connectivity index (χ1n) is 7.02. The number of nitrogens with one attached hydrogen (secondary N) is 1. The number of amides is 3. The van der Waals surface area contributed by atoms with E-state index >= 15 is 0 Å². The van der Waals surface area contributed by atoms with E-state index in [0.29, 0.717) is 25.9 Å². The van der Waals surface area contributed by atoms with Crippen molar-refractivity contribution >= 4 is 17.7 Å². The van der Waals surface area contributed by atoms with Gasteiger partial charge in [-0.05, 0) is 19.9 Å². The van der Waals surface area contributed by atoms with Gasteiger partial charge in [-0.2, -0.15) is 0 Å². The van der Waals surface area contributed by atoms with Gasteiger partial charge in [-0.3, -0.25) is 24.7 Å². The number of piperidine rings is 1. The Morgan fingerprint density at radius 2 is 1.71 bits per heavy atom. The molecule has 0 atom stereocenters. The standard InChI is InChI=1S/C13H25N5O3/c1-16(2)11(19)8-17(3)9-12(20)18-6-4-10(5-7-18)13(21)15-14/h10H,4-9,14H2,1-3H3,(H,15,21). The van der Waals surface area contributed by atoms with Gasteiger partial charge in [0, 0.05) is 33.1 Å².